The van der Waals surface area contributed by atoms with Crippen molar-refractivity contribution < 1.29 is 19.1 Å². The maximum Gasteiger partial charge on any atom is 0.258 e. The summed E-state index contributed by atoms with van der Waals surface area (Å²) in [7, 11) is 1.54. The van der Waals surface area contributed by atoms with Crippen LogP contribution in [0.15, 0.2) is 48.5 Å². The maximum absolute atomic E-state index is 12.0. The molecule has 0 saturated carbocycles. The van der Waals surface area contributed by atoms with E-state index in [4.69, 9.17) is 21.1 Å². The molecule has 1 N–H and O–H groups in total. The number of halogens is 1. The Hall–Kier alpha value is -2.73. The predicted octanol–water partition coefficient (Wildman–Crippen LogP) is 2.89. The first kappa shape index (κ1) is 20.6. The summed E-state index contributed by atoms with van der Waals surface area (Å²) in [6.45, 7) is 2.57. The van der Waals surface area contributed by atoms with E-state index in [0.717, 1.165) is 5.56 Å². The number of hydrogen-bond acceptors (Lipinski definition) is 4. The van der Waals surface area contributed by atoms with Gasteiger partial charge in [0.05, 0.1) is 7.11 Å². The van der Waals surface area contributed by atoms with E-state index in [0.29, 0.717) is 36.2 Å². The van der Waals surface area contributed by atoms with Gasteiger partial charge in [-0.1, -0.05) is 35.9 Å². The highest BCUT2D eigenvalue weighted by Gasteiger charge is 2.11. The zero-order valence-electron chi connectivity index (χ0n) is 15.4. The van der Waals surface area contributed by atoms with Crippen molar-refractivity contribution in [2.24, 2.45) is 0 Å². The number of carbonyl (C=O) groups excluding carboxylic acids is 2. The highest BCUT2D eigenvalue weighted by Crippen LogP contribution is 2.25. The Kier molecular flexibility index (Phi) is 7.95. The highest BCUT2D eigenvalue weighted by atomic mass is 35.5. The van der Waals surface area contributed by atoms with Gasteiger partial charge in [-0.2, -0.15) is 0 Å². The molecular weight excluding hydrogens is 368 g/mol. The number of rotatable bonds is 9. The molecule has 2 aromatic rings. The fourth-order valence-corrected chi connectivity index (χ4v) is 2.55. The van der Waals surface area contributed by atoms with Gasteiger partial charge in [0.25, 0.3) is 5.91 Å². The molecule has 0 bridgehead atoms. The van der Waals surface area contributed by atoms with Crippen molar-refractivity contribution in [3.8, 4) is 11.5 Å². The number of nitrogens with one attached hydrogen (secondary N) is 1. The quantitative estimate of drug-likeness (QED) is 0.714. The van der Waals surface area contributed by atoms with E-state index in [9.17, 15) is 9.59 Å². The lowest BCUT2D eigenvalue weighted by molar-refractivity contribution is -0.130. The minimum atomic E-state index is -0.268. The molecule has 0 aliphatic rings. The molecule has 0 unspecified atom stereocenters. The number of amides is 2. The van der Waals surface area contributed by atoms with E-state index < -0.39 is 0 Å². The van der Waals surface area contributed by atoms with Crippen molar-refractivity contribution in [3.63, 3.8) is 0 Å². The van der Waals surface area contributed by atoms with Gasteiger partial charge in [0, 0.05) is 31.6 Å². The lowest BCUT2D eigenvalue weighted by Gasteiger charge is -2.21. The van der Waals surface area contributed by atoms with Crippen LogP contribution in [-0.4, -0.2) is 43.5 Å². The Morgan fingerprint density at radius 1 is 1.07 bits per heavy atom. The molecule has 144 valence electrons. The van der Waals surface area contributed by atoms with Gasteiger partial charge >= 0.3 is 0 Å². The molecule has 0 aliphatic heterocycles. The molecule has 0 spiro atoms. The van der Waals surface area contributed by atoms with Gasteiger partial charge < -0.3 is 19.7 Å². The molecule has 2 rings (SSSR count). The largest absolute Gasteiger partial charge is 0.493 e. The second-order valence-corrected chi connectivity index (χ2v) is 6.29. The summed E-state index contributed by atoms with van der Waals surface area (Å²) in [5.74, 6) is 0.736. The third-order valence-corrected chi connectivity index (χ3v) is 4.12. The molecule has 27 heavy (non-hydrogen) atoms. The molecule has 0 aliphatic carbocycles. The Morgan fingerprint density at radius 2 is 1.74 bits per heavy atom. The Labute approximate surface area is 164 Å². The van der Waals surface area contributed by atoms with Crippen molar-refractivity contribution in [2.45, 2.75) is 13.5 Å². The van der Waals surface area contributed by atoms with Gasteiger partial charge in [-0.15, -0.1) is 0 Å². The minimum absolute atomic E-state index is 0.0653. The van der Waals surface area contributed by atoms with Crippen molar-refractivity contribution in [2.75, 3.05) is 26.8 Å². The molecule has 0 radical (unpaired) electrons. The molecule has 0 heterocycles. The number of carbonyl (C=O) groups is 2. The van der Waals surface area contributed by atoms with Crippen LogP contribution in [0.3, 0.4) is 0 Å². The summed E-state index contributed by atoms with van der Waals surface area (Å²) in [4.78, 5) is 25.4. The zero-order valence-corrected chi connectivity index (χ0v) is 16.2. The van der Waals surface area contributed by atoms with Crippen LogP contribution in [0.1, 0.15) is 12.5 Å². The summed E-state index contributed by atoms with van der Waals surface area (Å²) in [6.07, 6.45) is 0. The Balaban J connectivity index is 1.77. The van der Waals surface area contributed by atoms with Crippen molar-refractivity contribution in [1.29, 1.82) is 0 Å². The summed E-state index contributed by atoms with van der Waals surface area (Å²) < 4.78 is 10.6. The van der Waals surface area contributed by atoms with Crippen LogP contribution in [-0.2, 0) is 16.1 Å². The monoisotopic (exact) mass is 390 g/mol. The summed E-state index contributed by atoms with van der Waals surface area (Å²) >= 11 is 5.87. The molecule has 0 fully saturated rings. The Morgan fingerprint density at radius 3 is 2.37 bits per heavy atom. The van der Waals surface area contributed by atoms with E-state index in [1.54, 1.807) is 42.3 Å². The van der Waals surface area contributed by atoms with Gasteiger partial charge in [-0.3, -0.25) is 9.59 Å². The predicted molar refractivity (Wildman–Crippen MR) is 104 cm³/mol. The second kappa shape index (κ2) is 10.4. The smallest absolute Gasteiger partial charge is 0.258 e. The highest BCUT2D eigenvalue weighted by molar-refractivity contribution is 6.30. The molecule has 0 atom stereocenters. The van der Waals surface area contributed by atoms with E-state index in [1.807, 2.05) is 18.2 Å². The molecule has 2 aromatic carbocycles. The van der Waals surface area contributed by atoms with E-state index in [2.05, 4.69) is 5.32 Å². The van der Waals surface area contributed by atoms with Crippen molar-refractivity contribution >= 4 is 23.4 Å². The van der Waals surface area contributed by atoms with Gasteiger partial charge in [0.15, 0.2) is 18.1 Å². The first-order valence-corrected chi connectivity index (χ1v) is 8.90. The van der Waals surface area contributed by atoms with E-state index in [-0.39, 0.29) is 18.4 Å². The van der Waals surface area contributed by atoms with Crippen LogP contribution in [0.5, 0.6) is 11.5 Å². The Bertz CT molecular complexity index is 765. The first-order chi connectivity index (χ1) is 13.0. The molecule has 2 amide bonds. The average Bonchev–Trinajstić information content (AvgIpc) is 2.67. The molecule has 7 heteroatoms. The normalized spacial score (nSPS) is 10.2. The molecule has 6 nitrogen and oxygen atoms in total. The summed E-state index contributed by atoms with van der Waals surface area (Å²) in [5.41, 5.74) is 0.973. The zero-order chi connectivity index (χ0) is 19.6. The first-order valence-electron chi connectivity index (χ1n) is 8.52. The van der Waals surface area contributed by atoms with E-state index >= 15 is 0 Å². The van der Waals surface area contributed by atoms with Gasteiger partial charge in [-0.05, 0) is 29.8 Å². The minimum Gasteiger partial charge on any atom is -0.493 e. The number of hydrogen-bond donors (Lipinski definition) is 1. The third kappa shape index (κ3) is 6.83. The number of nitrogens with zero attached hydrogens (tertiary/aromatic N) is 1. The SMILES string of the molecule is COc1ccccc1OCC(=O)NCCN(Cc1ccc(Cl)cc1)C(C)=O. The number of methoxy groups -OCH3 is 1. The maximum atomic E-state index is 12.0. The van der Waals surface area contributed by atoms with Crippen LogP contribution in [0.25, 0.3) is 0 Å². The molecule has 0 aromatic heterocycles. The average molecular weight is 391 g/mol. The van der Waals surface area contributed by atoms with E-state index in [1.165, 1.54) is 6.92 Å². The van der Waals surface area contributed by atoms with Crippen LogP contribution < -0.4 is 14.8 Å². The summed E-state index contributed by atoms with van der Waals surface area (Å²) in [5, 5.41) is 3.40. The fraction of sp³-hybridized carbons (Fsp3) is 0.300. The van der Waals surface area contributed by atoms with Crippen LogP contribution in [0, 0.1) is 0 Å². The number of ether oxygens (including phenoxy) is 2. The fourth-order valence-electron chi connectivity index (χ4n) is 2.42. The lowest BCUT2D eigenvalue weighted by atomic mass is 10.2. The van der Waals surface area contributed by atoms with Crippen LogP contribution in [0.4, 0.5) is 0 Å². The van der Waals surface area contributed by atoms with Gasteiger partial charge in [0.2, 0.25) is 5.91 Å². The van der Waals surface area contributed by atoms with Gasteiger partial charge in [0.1, 0.15) is 0 Å². The standard InChI is InChI=1S/C20H23ClN2O4/c1-15(24)23(13-16-7-9-17(21)10-8-16)12-11-22-20(25)14-27-19-6-4-3-5-18(19)26-2/h3-10H,11-14H2,1-2H3,(H,22,25). The third-order valence-electron chi connectivity index (χ3n) is 3.86. The van der Waals surface area contributed by atoms with Crippen molar-refractivity contribution in [3.05, 3.63) is 59.1 Å². The lowest BCUT2D eigenvalue weighted by Crippen LogP contribution is -2.38. The molecule has 0 saturated heterocycles. The number of para-hydroxylation sites is 2. The topological polar surface area (TPSA) is 67.9 Å². The van der Waals surface area contributed by atoms with Crippen molar-refractivity contribution in [1.82, 2.24) is 10.2 Å². The van der Waals surface area contributed by atoms with Gasteiger partial charge in [-0.25, -0.2) is 0 Å². The van der Waals surface area contributed by atoms with Crippen LogP contribution in [0.2, 0.25) is 5.02 Å². The number of benzene rings is 2. The summed E-state index contributed by atoms with van der Waals surface area (Å²) in [6, 6.07) is 14.4. The second-order valence-electron chi connectivity index (χ2n) is 5.86. The molecular formula is C20H23ClN2O4. The van der Waals surface area contributed by atoms with Crippen LogP contribution >= 0.6 is 11.6 Å².